The van der Waals surface area contributed by atoms with Crippen LogP contribution in [0.2, 0.25) is 0 Å². The van der Waals surface area contributed by atoms with Crippen LogP contribution in [0.5, 0.6) is 0 Å². The molecule has 4 N–H and O–H groups in total. The van der Waals surface area contributed by atoms with Crippen LogP contribution in [0.3, 0.4) is 0 Å². The molecule has 0 saturated carbocycles. The van der Waals surface area contributed by atoms with Crippen LogP contribution in [0.25, 0.3) is 0 Å². The summed E-state index contributed by atoms with van der Waals surface area (Å²) in [5, 5.41) is 5.26. The number of furan rings is 1. The van der Waals surface area contributed by atoms with Gasteiger partial charge in [0.1, 0.15) is 0 Å². The molecule has 0 radical (unpaired) electrons. The fourth-order valence-corrected chi connectivity index (χ4v) is 1.49. The van der Waals surface area contributed by atoms with E-state index in [1.54, 1.807) is 36.4 Å². The summed E-state index contributed by atoms with van der Waals surface area (Å²) >= 11 is 0. The molecule has 1 aromatic heterocycles. The minimum atomic E-state index is -0.354. The van der Waals surface area contributed by atoms with E-state index in [-0.39, 0.29) is 24.1 Å². The molecule has 2 aromatic rings. The molecule has 0 fully saturated rings. The Labute approximate surface area is 109 Å². The topological polar surface area (TPSA) is 97.4 Å². The smallest absolute Gasteiger partial charge is 0.291 e. The number of benzene rings is 1. The number of hydrogen-bond acceptors (Lipinski definition) is 4. The maximum absolute atomic E-state index is 11.8. The molecule has 6 heteroatoms. The second-order valence-electron chi connectivity index (χ2n) is 3.76. The first-order chi connectivity index (χ1) is 9.19. The summed E-state index contributed by atoms with van der Waals surface area (Å²) in [5.74, 6) is -0.432. The molecule has 0 aliphatic heterocycles. The number of nitrogens with one attached hydrogen (secondary N) is 2. The molecule has 6 nitrogen and oxygen atoms in total. The van der Waals surface area contributed by atoms with Gasteiger partial charge in [-0.1, -0.05) is 6.07 Å². The minimum Gasteiger partial charge on any atom is -0.459 e. The average molecular weight is 259 g/mol. The highest BCUT2D eigenvalue weighted by Crippen LogP contribution is 2.16. The molecule has 0 aliphatic carbocycles. The van der Waals surface area contributed by atoms with E-state index in [0.717, 1.165) is 0 Å². The Bertz CT molecular complexity index is 579. The molecule has 0 bridgehead atoms. The molecule has 2 rings (SSSR count). The van der Waals surface area contributed by atoms with Crippen molar-refractivity contribution in [3.05, 3.63) is 48.4 Å². The molecule has 0 aliphatic rings. The van der Waals surface area contributed by atoms with Gasteiger partial charge in [0, 0.05) is 11.4 Å². The van der Waals surface area contributed by atoms with Crippen molar-refractivity contribution in [1.82, 2.24) is 0 Å². The number of rotatable bonds is 4. The normalized spacial score (nSPS) is 9.95. The van der Waals surface area contributed by atoms with Crippen molar-refractivity contribution in [2.75, 3.05) is 17.2 Å². The monoisotopic (exact) mass is 259 g/mol. The third-order valence-electron chi connectivity index (χ3n) is 2.33. The molecule has 1 aromatic carbocycles. The second-order valence-corrected chi connectivity index (χ2v) is 3.76. The Morgan fingerprint density at radius 2 is 1.84 bits per heavy atom. The summed E-state index contributed by atoms with van der Waals surface area (Å²) < 4.78 is 4.98. The molecule has 2 amide bonds. The van der Waals surface area contributed by atoms with Crippen LogP contribution in [-0.2, 0) is 4.79 Å². The molecule has 0 spiro atoms. The van der Waals surface area contributed by atoms with Crippen LogP contribution < -0.4 is 16.4 Å². The van der Waals surface area contributed by atoms with Crippen molar-refractivity contribution < 1.29 is 14.0 Å². The predicted molar refractivity (Wildman–Crippen MR) is 70.8 cm³/mol. The summed E-state index contributed by atoms with van der Waals surface area (Å²) in [6, 6.07) is 9.95. The summed E-state index contributed by atoms with van der Waals surface area (Å²) in [7, 11) is 0. The number of carbonyl (C=O) groups is 2. The van der Waals surface area contributed by atoms with Gasteiger partial charge in [0.05, 0.1) is 12.8 Å². The molecule has 0 saturated heterocycles. The quantitative estimate of drug-likeness (QED) is 0.773. The van der Waals surface area contributed by atoms with Crippen LogP contribution in [0.15, 0.2) is 47.1 Å². The van der Waals surface area contributed by atoms with Gasteiger partial charge in [-0.2, -0.15) is 0 Å². The molecule has 98 valence electrons. The van der Waals surface area contributed by atoms with Gasteiger partial charge in [-0.15, -0.1) is 0 Å². The van der Waals surface area contributed by atoms with E-state index in [0.29, 0.717) is 11.4 Å². The zero-order valence-electron chi connectivity index (χ0n) is 10.1. The molecular weight excluding hydrogens is 246 g/mol. The first-order valence-electron chi connectivity index (χ1n) is 5.64. The van der Waals surface area contributed by atoms with Crippen LogP contribution in [-0.4, -0.2) is 18.4 Å². The number of hydrogen-bond donors (Lipinski definition) is 3. The Morgan fingerprint density at radius 1 is 1.11 bits per heavy atom. The Balaban J connectivity index is 2.07. The van der Waals surface area contributed by atoms with Gasteiger partial charge < -0.3 is 20.8 Å². The number of anilines is 2. The zero-order valence-corrected chi connectivity index (χ0v) is 10.1. The third kappa shape index (κ3) is 3.43. The molecule has 0 atom stereocenters. The van der Waals surface area contributed by atoms with Crippen molar-refractivity contribution in [2.45, 2.75) is 0 Å². The van der Waals surface area contributed by atoms with Crippen LogP contribution in [0.4, 0.5) is 11.4 Å². The summed E-state index contributed by atoms with van der Waals surface area (Å²) in [4.78, 5) is 22.9. The third-order valence-corrected chi connectivity index (χ3v) is 2.33. The summed E-state index contributed by atoms with van der Waals surface area (Å²) in [5.41, 5.74) is 6.32. The van der Waals surface area contributed by atoms with E-state index < -0.39 is 0 Å². The van der Waals surface area contributed by atoms with Crippen molar-refractivity contribution in [1.29, 1.82) is 0 Å². The van der Waals surface area contributed by atoms with E-state index in [1.807, 2.05) is 0 Å². The first kappa shape index (κ1) is 12.8. The van der Waals surface area contributed by atoms with Gasteiger partial charge in [-0.3, -0.25) is 9.59 Å². The van der Waals surface area contributed by atoms with E-state index in [9.17, 15) is 9.59 Å². The molecule has 0 unspecified atom stereocenters. The van der Waals surface area contributed by atoms with Crippen LogP contribution >= 0.6 is 0 Å². The van der Waals surface area contributed by atoms with Crippen molar-refractivity contribution in [3.63, 3.8) is 0 Å². The lowest BCUT2D eigenvalue weighted by Crippen LogP contribution is -2.21. The summed E-state index contributed by atoms with van der Waals surface area (Å²) in [6.07, 6.45) is 1.42. The number of carbonyl (C=O) groups excluding carboxylic acids is 2. The average Bonchev–Trinajstić information content (AvgIpc) is 2.93. The Hall–Kier alpha value is -2.60. The molecule has 19 heavy (non-hydrogen) atoms. The van der Waals surface area contributed by atoms with E-state index in [4.69, 9.17) is 10.2 Å². The second kappa shape index (κ2) is 5.83. The van der Waals surface area contributed by atoms with Crippen LogP contribution in [0.1, 0.15) is 10.6 Å². The maximum atomic E-state index is 11.8. The number of amides is 2. The van der Waals surface area contributed by atoms with Gasteiger partial charge in [-0.05, 0) is 30.3 Å². The van der Waals surface area contributed by atoms with Crippen molar-refractivity contribution >= 4 is 23.2 Å². The van der Waals surface area contributed by atoms with Crippen LogP contribution in [0, 0.1) is 0 Å². The standard InChI is InChI=1S/C13H13N3O3/c14-8-12(17)15-9-3-1-4-10(7-9)16-13(18)11-5-2-6-19-11/h1-7H,8,14H2,(H,15,17)(H,16,18). The largest absolute Gasteiger partial charge is 0.459 e. The van der Waals surface area contributed by atoms with E-state index in [1.165, 1.54) is 6.26 Å². The lowest BCUT2D eigenvalue weighted by Gasteiger charge is -2.07. The Morgan fingerprint density at radius 3 is 2.47 bits per heavy atom. The lowest BCUT2D eigenvalue weighted by atomic mass is 10.2. The van der Waals surface area contributed by atoms with Crippen molar-refractivity contribution in [2.24, 2.45) is 5.73 Å². The van der Waals surface area contributed by atoms with Gasteiger partial charge in [0.2, 0.25) is 5.91 Å². The maximum Gasteiger partial charge on any atom is 0.291 e. The predicted octanol–water partition coefficient (Wildman–Crippen LogP) is 1.43. The minimum absolute atomic E-state index is 0.0943. The van der Waals surface area contributed by atoms with E-state index >= 15 is 0 Å². The first-order valence-corrected chi connectivity index (χ1v) is 5.64. The highest BCUT2D eigenvalue weighted by molar-refractivity contribution is 6.02. The lowest BCUT2D eigenvalue weighted by molar-refractivity contribution is -0.114. The number of nitrogens with two attached hydrogens (primary N) is 1. The zero-order chi connectivity index (χ0) is 13.7. The SMILES string of the molecule is NCC(=O)Nc1cccc(NC(=O)c2ccco2)c1. The van der Waals surface area contributed by atoms with Gasteiger partial charge in [0.15, 0.2) is 5.76 Å². The highest BCUT2D eigenvalue weighted by Gasteiger charge is 2.09. The fourth-order valence-electron chi connectivity index (χ4n) is 1.49. The highest BCUT2D eigenvalue weighted by atomic mass is 16.3. The summed E-state index contributed by atoms with van der Waals surface area (Å²) in [6.45, 7) is -0.0943. The van der Waals surface area contributed by atoms with Gasteiger partial charge in [0.25, 0.3) is 5.91 Å². The van der Waals surface area contributed by atoms with E-state index in [2.05, 4.69) is 10.6 Å². The van der Waals surface area contributed by atoms with Gasteiger partial charge >= 0.3 is 0 Å². The fraction of sp³-hybridized carbons (Fsp3) is 0.0769. The molecular formula is C13H13N3O3. The van der Waals surface area contributed by atoms with Gasteiger partial charge in [-0.25, -0.2) is 0 Å². The molecule has 1 heterocycles. The van der Waals surface area contributed by atoms with Crippen molar-refractivity contribution in [3.8, 4) is 0 Å². The Kier molecular flexibility index (Phi) is 3.94.